The molecule has 0 bridgehead atoms. The predicted octanol–water partition coefficient (Wildman–Crippen LogP) is 1.28. The normalized spacial score (nSPS) is 29.1. The summed E-state index contributed by atoms with van der Waals surface area (Å²) in [6.45, 7) is 8.55. The lowest BCUT2D eigenvalue weighted by molar-refractivity contribution is -0.581. The quantitative estimate of drug-likeness (QED) is 0.795. The first-order valence-electron chi connectivity index (χ1n) is 8.68. The van der Waals surface area contributed by atoms with Crippen LogP contribution in [0.3, 0.4) is 0 Å². The van der Waals surface area contributed by atoms with Gasteiger partial charge in [0.05, 0.1) is 6.10 Å². The molecule has 4 aliphatic rings. The number of allylic oxidation sites excluding steroid dienone is 1. The van der Waals surface area contributed by atoms with Gasteiger partial charge in [-0.25, -0.2) is 0 Å². The zero-order valence-corrected chi connectivity index (χ0v) is 13.8. The van der Waals surface area contributed by atoms with Crippen LogP contribution in [0.2, 0.25) is 0 Å². The average molecular weight is 306 g/mol. The molecule has 1 aliphatic carbocycles. The van der Waals surface area contributed by atoms with Crippen LogP contribution in [-0.4, -0.2) is 60.2 Å². The second-order valence-electron chi connectivity index (χ2n) is 7.77. The minimum Gasteiger partial charge on any atom is -0.440 e. The number of nitrogens with zero attached hydrogens (tertiary/aromatic N) is 2. The Kier molecular flexibility index (Phi) is 3.46. The Balaban J connectivity index is 1.26. The van der Waals surface area contributed by atoms with E-state index in [-0.39, 0.29) is 6.10 Å². The number of rotatable bonds is 4. The molecule has 1 saturated carbocycles. The van der Waals surface area contributed by atoms with Crippen molar-refractivity contribution in [3.8, 4) is 0 Å². The van der Waals surface area contributed by atoms with Gasteiger partial charge < -0.3 is 15.2 Å². The number of hydrogen-bond donors (Lipinski definition) is 1. The third-order valence-corrected chi connectivity index (χ3v) is 5.62. The summed E-state index contributed by atoms with van der Waals surface area (Å²) in [4.78, 5) is 2.67. The number of nitrogens with two attached hydrogens (primary N) is 1. The van der Waals surface area contributed by atoms with Crippen molar-refractivity contribution in [2.45, 2.75) is 57.7 Å². The molecule has 0 aromatic carbocycles. The Bertz CT molecular complexity index is 506. The minimum absolute atomic E-state index is 0.187. The second-order valence-corrected chi connectivity index (χ2v) is 7.77. The maximum absolute atomic E-state index is 5.95. The van der Waals surface area contributed by atoms with Crippen LogP contribution in [0, 0.1) is 5.41 Å². The van der Waals surface area contributed by atoms with Crippen LogP contribution >= 0.6 is 0 Å². The second kappa shape index (κ2) is 5.24. The molecule has 5 heteroatoms. The Morgan fingerprint density at radius 3 is 2.59 bits per heavy atom. The van der Waals surface area contributed by atoms with Crippen molar-refractivity contribution < 1.29 is 14.0 Å². The fourth-order valence-corrected chi connectivity index (χ4v) is 4.49. The van der Waals surface area contributed by atoms with Crippen molar-refractivity contribution in [3.05, 3.63) is 11.6 Å². The molecule has 0 aromatic heterocycles. The van der Waals surface area contributed by atoms with Gasteiger partial charge >= 0.3 is 5.88 Å². The van der Waals surface area contributed by atoms with Gasteiger partial charge in [0.2, 0.25) is 11.9 Å². The van der Waals surface area contributed by atoms with Crippen molar-refractivity contribution in [3.63, 3.8) is 0 Å². The average Bonchev–Trinajstić information content (AvgIpc) is 2.42. The molecule has 1 spiro atoms. The molecule has 3 aliphatic heterocycles. The Morgan fingerprint density at radius 2 is 2.00 bits per heavy atom. The van der Waals surface area contributed by atoms with Crippen molar-refractivity contribution in [2.24, 2.45) is 11.1 Å². The lowest BCUT2D eigenvalue weighted by Crippen LogP contribution is -2.68. The topological polar surface area (TPSA) is 50.7 Å². The van der Waals surface area contributed by atoms with Crippen molar-refractivity contribution >= 4 is 6.21 Å². The number of hydrogen-bond acceptors (Lipinski definition) is 4. The van der Waals surface area contributed by atoms with Gasteiger partial charge in [-0.05, 0) is 26.7 Å². The predicted molar refractivity (Wildman–Crippen MR) is 84.6 cm³/mol. The van der Waals surface area contributed by atoms with Gasteiger partial charge in [0.1, 0.15) is 0 Å². The van der Waals surface area contributed by atoms with Crippen LogP contribution < -0.4 is 5.73 Å². The van der Waals surface area contributed by atoms with E-state index in [9.17, 15) is 0 Å². The molecule has 0 radical (unpaired) electrons. The summed E-state index contributed by atoms with van der Waals surface area (Å²) in [7, 11) is 0. The summed E-state index contributed by atoms with van der Waals surface area (Å²) < 4.78 is 13.6. The summed E-state index contributed by atoms with van der Waals surface area (Å²) in [5, 5.41) is 0. The zero-order chi connectivity index (χ0) is 15.3. The summed E-state index contributed by atoms with van der Waals surface area (Å²) in [6, 6.07) is 1.36. The highest BCUT2D eigenvalue weighted by molar-refractivity contribution is 5.77. The van der Waals surface area contributed by atoms with Crippen LogP contribution in [0.4, 0.5) is 0 Å². The van der Waals surface area contributed by atoms with Crippen molar-refractivity contribution in [1.29, 1.82) is 0 Å². The lowest BCUT2D eigenvalue weighted by Gasteiger charge is -2.59. The molecular weight excluding hydrogens is 278 g/mol. The van der Waals surface area contributed by atoms with Crippen molar-refractivity contribution in [2.75, 3.05) is 26.3 Å². The van der Waals surface area contributed by atoms with E-state index in [0.717, 1.165) is 30.8 Å². The van der Waals surface area contributed by atoms with E-state index in [1.54, 1.807) is 0 Å². The van der Waals surface area contributed by atoms with Gasteiger partial charge in [0, 0.05) is 50.6 Å². The fourth-order valence-electron chi connectivity index (χ4n) is 4.49. The Hall–Kier alpha value is -1.07. The van der Waals surface area contributed by atoms with E-state index in [4.69, 9.17) is 15.2 Å². The molecule has 2 saturated heterocycles. The molecule has 0 unspecified atom stereocenters. The van der Waals surface area contributed by atoms with E-state index in [0.29, 0.717) is 11.5 Å². The molecule has 22 heavy (non-hydrogen) atoms. The smallest absolute Gasteiger partial charge is 0.398 e. The third-order valence-electron chi connectivity index (χ3n) is 5.62. The van der Waals surface area contributed by atoms with E-state index in [2.05, 4.69) is 23.3 Å². The van der Waals surface area contributed by atoms with E-state index in [1.807, 2.05) is 6.21 Å². The van der Waals surface area contributed by atoms with E-state index in [1.165, 1.54) is 38.8 Å². The van der Waals surface area contributed by atoms with Gasteiger partial charge in [-0.15, -0.1) is 0 Å². The highest BCUT2D eigenvalue weighted by atomic mass is 16.5. The molecule has 3 fully saturated rings. The molecule has 0 aromatic rings. The molecule has 3 heterocycles. The number of likely N-dealkylation sites (tertiary alicyclic amines) is 1. The van der Waals surface area contributed by atoms with E-state index < -0.39 is 0 Å². The molecule has 4 rings (SSSR count). The van der Waals surface area contributed by atoms with Crippen LogP contribution in [0.1, 0.15) is 39.5 Å². The monoisotopic (exact) mass is 306 g/mol. The van der Waals surface area contributed by atoms with Crippen molar-refractivity contribution in [1.82, 2.24) is 4.90 Å². The zero-order valence-electron chi connectivity index (χ0n) is 13.8. The molecule has 5 nitrogen and oxygen atoms in total. The standard InChI is InChI=1S/C17H28N3O2/c1-12(2)22-16-15(18)9-20(16)14-7-17(8-14)10-19(11-17)13-3-5-21-6-4-13/h9,12-14H,3-8,10-11,18H2,1-2H3/q+1. The summed E-state index contributed by atoms with van der Waals surface area (Å²) >= 11 is 0. The first kappa shape index (κ1) is 14.5. The Morgan fingerprint density at radius 1 is 1.32 bits per heavy atom. The lowest BCUT2D eigenvalue weighted by atomic mass is 9.60. The van der Waals surface area contributed by atoms with Crippen LogP contribution in [0.15, 0.2) is 11.6 Å². The van der Waals surface area contributed by atoms with Gasteiger partial charge in [0.15, 0.2) is 6.04 Å². The Labute approximate surface area is 132 Å². The highest BCUT2D eigenvalue weighted by Gasteiger charge is 2.59. The molecule has 2 N–H and O–H groups in total. The third kappa shape index (κ3) is 2.35. The maximum Gasteiger partial charge on any atom is 0.398 e. The summed E-state index contributed by atoms with van der Waals surface area (Å²) in [6.07, 6.45) is 7.22. The molecule has 0 atom stereocenters. The van der Waals surface area contributed by atoms with Crippen LogP contribution in [0.25, 0.3) is 0 Å². The largest absolute Gasteiger partial charge is 0.440 e. The fraction of sp³-hybridized carbons (Fsp3) is 0.824. The summed E-state index contributed by atoms with van der Waals surface area (Å²) in [5.41, 5.74) is 7.32. The van der Waals surface area contributed by atoms with Gasteiger partial charge in [-0.3, -0.25) is 4.90 Å². The highest BCUT2D eigenvalue weighted by Crippen LogP contribution is 2.51. The SMILES string of the molecule is CC(C)OC1=C(N)C=[N+]1C1CC2(C1)CN(C1CCOCC1)C2. The summed E-state index contributed by atoms with van der Waals surface area (Å²) in [5.74, 6) is 0.899. The van der Waals surface area contributed by atoms with Crippen LogP contribution in [-0.2, 0) is 9.47 Å². The minimum atomic E-state index is 0.187. The maximum atomic E-state index is 5.95. The number of ether oxygens (including phenoxy) is 2. The molecular formula is C17H28N3O2+. The van der Waals surface area contributed by atoms with Gasteiger partial charge in [-0.1, -0.05) is 0 Å². The molecule has 0 amide bonds. The van der Waals surface area contributed by atoms with Crippen LogP contribution in [0.5, 0.6) is 0 Å². The first-order valence-corrected chi connectivity index (χ1v) is 8.68. The molecule has 122 valence electrons. The first-order chi connectivity index (χ1) is 10.6. The van der Waals surface area contributed by atoms with Gasteiger partial charge in [-0.2, -0.15) is 4.58 Å². The van der Waals surface area contributed by atoms with Gasteiger partial charge in [0.25, 0.3) is 0 Å². The van der Waals surface area contributed by atoms with E-state index >= 15 is 0 Å².